The standard InChI is InChI=1S/C32H31Cl2N7O6S/c1-32(15-20-5-7-21(8-6-20)22-16-35-19-36-17-22)30(44)40(25-13-23(33)12-24(34)14-25)31-38-18-27(41(31)32)48(45,46)39-11-3-4-26(39)29(43)37-10-9-28(42)47-2/h5-8,12-14,16-19,26H,3-4,9-11,15H2,1-2H3,(H,37,43)/t26-,32+/m0/s1. The summed E-state index contributed by atoms with van der Waals surface area (Å²) in [6.07, 6.45) is 6.81. The number of sulfonamides is 1. The highest BCUT2D eigenvalue weighted by atomic mass is 35.5. The van der Waals surface area contributed by atoms with E-state index in [1.807, 2.05) is 24.3 Å². The van der Waals surface area contributed by atoms with Crippen LogP contribution in [0.15, 0.2) is 72.4 Å². The van der Waals surface area contributed by atoms with Gasteiger partial charge in [-0.25, -0.2) is 28.3 Å². The van der Waals surface area contributed by atoms with E-state index in [9.17, 15) is 22.8 Å². The number of rotatable bonds is 10. The lowest BCUT2D eigenvalue weighted by atomic mass is 9.91. The molecule has 1 saturated heterocycles. The minimum absolute atomic E-state index is 0.00219. The second kappa shape index (κ2) is 13.3. The number of anilines is 2. The van der Waals surface area contributed by atoms with E-state index in [0.717, 1.165) is 21.0 Å². The number of fused-ring (bicyclic) bond motifs is 1. The molecule has 2 amide bonds. The maximum atomic E-state index is 14.5. The summed E-state index contributed by atoms with van der Waals surface area (Å²) in [5, 5.41) is 2.96. The van der Waals surface area contributed by atoms with E-state index in [1.165, 1.54) is 35.2 Å². The van der Waals surface area contributed by atoms with Crippen molar-refractivity contribution in [3.05, 3.63) is 83.0 Å². The molecule has 48 heavy (non-hydrogen) atoms. The molecule has 4 heterocycles. The zero-order valence-electron chi connectivity index (χ0n) is 26.0. The summed E-state index contributed by atoms with van der Waals surface area (Å²) in [7, 11) is -3.13. The Morgan fingerprint density at radius 3 is 2.40 bits per heavy atom. The lowest BCUT2D eigenvalue weighted by Gasteiger charge is -2.29. The van der Waals surface area contributed by atoms with Gasteiger partial charge in [-0.1, -0.05) is 47.5 Å². The topological polar surface area (TPSA) is 157 Å². The minimum atomic E-state index is -4.38. The highest BCUT2D eigenvalue weighted by Gasteiger charge is 2.53. The van der Waals surface area contributed by atoms with Crippen molar-refractivity contribution >= 4 is 62.6 Å². The third-order valence-corrected chi connectivity index (χ3v) is 10.8. The summed E-state index contributed by atoms with van der Waals surface area (Å²) in [5.41, 5.74) is 1.29. The van der Waals surface area contributed by atoms with E-state index in [4.69, 9.17) is 23.2 Å². The largest absolute Gasteiger partial charge is 0.469 e. The summed E-state index contributed by atoms with van der Waals surface area (Å²) in [6.45, 7) is 1.74. The van der Waals surface area contributed by atoms with Crippen molar-refractivity contribution in [3.8, 4) is 11.1 Å². The van der Waals surface area contributed by atoms with Gasteiger partial charge < -0.3 is 10.1 Å². The smallest absolute Gasteiger partial charge is 0.307 e. The zero-order chi connectivity index (χ0) is 34.2. The SMILES string of the molecule is COC(=O)CCNC(=O)[C@@H]1CCCN1S(=O)(=O)c1cnc2n1[C@](C)(Cc1ccc(-c3cncnc3)cc1)C(=O)N2c1cc(Cl)cc(Cl)c1. The van der Waals surface area contributed by atoms with Crippen LogP contribution in [0, 0.1) is 0 Å². The molecule has 0 radical (unpaired) electrons. The summed E-state index contributed by atoms with van der Waals surface area (Å²) >= 11 is 12.6. The van der Waals surface area contributed by atoms with Crippen molar-refractivity contribution in [3.63, 3.8) is 0 Å². The Kier molecular flexibility index (Phi) is 9.27. The summed E-state index contributed by atoms with van der Waals surface area (Å²) in [6, 6.07) is 11.1. The van der Waals surface area contributed by atoms with Gasteiger partial charge in [-0.3, -0.25) is 19.0 Å². The molecular weight excluding hydrogens is 681 g/mol. The molecule has 1 fully saturated rings. The minimum Gasteiger partial charge on any atom is -0.469 e. The van der Waals surface area contributed by atoms with Crippen LogP contribution < -0.4 is 10.2 Å². The van der Waals surface area contributed by atoms with E-state index in [1.54, 1.807) is 31.5 Å². The Labute approximate surface area is 286 Å². The highest BCUT2D eigenvalue weighted by molar-refractivity contribution is 7.89. The number of halogens is 2. The van der Waals surface area contributed by atoms with Crippen LogP contribution in [0.4, 0.5) is 11.6 Å². The van der Waals surface area contributed by atoms with E-state index < -0.39 is 39.4 Å². The number of hydrogen-bond donors (Lipinski definition) is 1. The van der Waals surface area contributed by atoms with Crippen molar-refractivity contribution in [1.29, 1.82) is 0 Å². The lowest BCUT2D eigenvalue weighted by Crippen LogP contribution is -2.48. The van der Waals surface area contributed by atoms with E-state index in [-0.39, 0.29) is 53.4 Å². The quantitative estimate of drug-likeness (QED) is 0.239. The maximum absolute atomic E-state index is 14.5. The lowest BCUT2D eigenvalue weighted by molar-refractivity contribution is -0.140. The molecule has 250 valence electrons. The van der Waals surface area contributed by atoms with Crippen molar-refractivity contribution in [2.75, 3.05) is 25.1 Å². The maximum Gasteiger partial charge on any atom is 0.307 e. The Bertz CT molecular complexity index is 1970. The van der Waals surface area contributed by atoms with Crippen molar-refractivity contribution in [2.24, 2.45) is 0 Å². The molecule has 2 aromatic heterocycles. The van der Waals surface area contributed by atoms with Gasteiger partial charge in [0.2, 0.25) is 11.9 Å². The average Bonchev–Trinajstić information content (AvgIpc) is 3.78. The van der Waals surface area contributed by atoms with Gasteiger partial charge in [-0.05, 0) is 49.1 Å². The molecule has 2 aliphatic rings. The molecule has 0 bridgehead atoms. The van der Waals surface area contributed by atoms with Crippen LogP contribution in [0.3, 0.4) is 0 Å². The predicted octanol–water partition coefficient (Wildman–Crippen LogP) is 4.12. The van der Waals surface area contributed by atoms with Crippen LogP contribution in [0.2, 0.25) is 10.0 Å². The van der Waals surface area contributed by atoms with Gasteiger partial charge in [0, 0.05) is 47.5 Å². The van der Waals surface area contributed by atoms with Gasteiger partial charge in [0.05, 0.1) is 25.4 Å². The van der Waals surface area contributed by atoms with Crippen LogP contribution in [-0.4, -0.2) is 76.3 Å². The number of hydrogen-bond acceptors (Lipinski definition) is 9. The molecule has 0 spiro atoms. The van der Waals surface area contributed by atoms with E-state index in [0.29, 0.717) is 12.1 Å². The molecule has 2 aliphatic heterocycles. The first-order valence-electron chi connectivity index (χ1n) is 15.0. The number of benzene rings is 2. The first kappa shape index (κ1) is 33.5. The molecule has 1 N–H and O–H groups in total. The molecule has 13 nitrogen and oxygen atoms in total. The van der Waals surface area contributed by atoms with E-state index in [2.05, 4.69) is 25.0 Å². The Hall–Kier alpha value is -4.37. The molecule has 2 atom stereocenters. The average molecular weight is 713 g/mol. The van der Waals surface area contributed by atoms with Crippen molar-refractivity contribution in [2.45, 2.75) is 49.2 Å². The van der Waals surface area contributed by atoms with Gasteiger partial charge in [-0.15, -0.1) is 0 Å². The van der Waals surface area contributed by atoms with Gasteiger partial charge in [0.15, 0.2) is 5.03 Å². The Morgan fingerprint density at radius 1 is 1.04 bits per heavy atom. The normalized spacial score (nSPS) is 19.4. The predicted molar refractivity (Wildman–Crippen MR) is 177 cm³/mol. The number of amides is 2. The molecule has 16 heteroatoms. The number of imidazole rings is 1. The summed E-state index contributed by atoms with van der Waals surface area (Å²) in [4.78, 5) is 53.1. The van der Waals surface area contributed by atoms with Gasteiger partial charge in [0.25, 0.3) is 15.9 Å². The number of carbonyl (C=O) groups excluding carboxylic acids is 3. The number of methoxy groups -OCH3 is 1. The number of esters is 1. The van der Waals surface area contributed by atoms with Gasteiger partial charge >= 0.3 is 5.97 Å². The van der Waals surface area contributed by atoms with E-state index >= 15 is 0 Å². The number of nitrogens with zero attached hydrogens (tertiary/aromatic N) is 6. The number of aromatic nitrogens is 4. The second-order valence-corrected chi connectivity index (χ2v) is 14.4. The zero-order valence-corrected chi connectivity index (χ0v) is 28.3. The van der Waals surface area contributed by atoms with Crippen LogP contribution in [0.5, 0.6) is 0 Å². The van der Waals surface area contributed by atoms with Gasteiger partial charge in [0.1, 0.15) is 17.9 Å². The van der Waals surface area contributed by atoms with Crippen LogP contribution in [-0.2, 0) is 41.1 Å². The van der Waals surface area contributed by atoms with Crippen molar-refractivity contribution in [1.82, 2.24) is 29.1 Å². The van der Waals surface area contributed by atoms with Crippen LogP contribution in [0.1, 0.15) is 31.7 Å². The van der Waals surface area contributed by atoms with Crippen LogP contribution >= 0.6 is 23.2 Å². The molecule has 4 aromatic rings. The fourth-order valence-electron chi connectivity index (χ4n) is 6.19. The molecule has 0 aliphatic carbocycles. The molecule has 6 rings (SSSR count). The fourth-order valence-corrected chi connectivity index (χ4v) is 8.55. The first-order chi connectivity index (χ1) is 22.9. The highest BCUT2D eigenvalue weighted by Crippen LogP contribution is 2.45. The molecule has 0 saturated carbocycles. The summed E-state index contributed by atoms with van der Waals surface area (Å²) < 4.78 is 36.0. The van der Waals surface area contributed by atoms with Crippen molar-refractivity contribution < 1.29 is 27.5 Å². The number of ether oxygens (including phenoxy) is 1. The second-order valence-electron chi connectivity index (χ2n) is 11.7. The third kappa shape index (κ3) is 6.16. The number of nitrogens with one attached hydrogen (secondary N) is 1. The summed E-state index contributed by atoms with van der Waals surface area (Å²) in [5.74, 6) is -1.41. The Balaban J connectivity index is 1.39. The first-order valence-corrected chi connectivity index (χ1v) is 17.2. The third-order valence-electron chi connectivity index (χ3n) is 8.51. The Morgan fingerprint density at radius 2 is 1.73 bits per heavy atom. The van der Waals surface area contributed by atoms with Gasteiger partial charge in [-0.2, -0.15) is 4.31 Å². The van der Waals surface area contributed by atoms with Crippen LogP contribution in [0.25, 0.3) is 11.1 Å². The molecular formula is C32H31Cl2N7O6S. The molecule has 0 unspecified atom stereocenters. The monoisotopic (exact) mass is 711 g/mol. The molecule has 2 aromatic carbocycles. The fraction of sp³-hybridized carbons (Fsp3) is 0.312. The number of carbonyl (C=O) groups is 3.